The fourth-order valence-corrected chi connectivity index (χ4v) is 3.27. The molecule has 0 aromatic heterocycles. The molecule has 0 saturated heterocycles. The average molecular weight is 382 g/mol. The molecule has 1 unspecified atom stereocenters. The Morgan fingerprint density at radius 3 is 2.57 bits per heavy atom. The molecule has 6 heteroatoms. The van der Waals surface area contributed by atoms with Crippen LogP contribution in [0.2, 0.25) is 0 Å². The van der Waals surface area contributed by atoms with Gasteiger partial charge in [-0.3, -0.25) is 9.59 Å². The predicted molar refractivity (Wildman–Crippen MR) is 107 cm³/mol. The van der Waals surface area contributed by atoms with Crippen molar-refractivity contribution in [3.8, 4) is 11.5 Å². The molecule has 2 aromatic rings. The Kier molecular flexibility index (Phi) is 6.31. The number of fused-ring (bicyclic) bond motifs is 1. The summed E-state index contributed by atoms with van der Waals surface area (Å²) in [6.45, 7) is 2.58. The Balaban J connectivity index is 1.54. The van der Waals surface area contributed by atoms with Crippen LogP contribution in [-0.4, -0.2) is 44.0 Å². The Hall–Kier alpha value is -2.86. The summed E-state index contributed by atoms with van der Waals surface area (Å²) in [5, 5.41) is 2.95. The van der Waals surface area contributed by atoms with Gasteiger partial charge in [0.05, 0.1) is 6.04 Å². The maximum atomic E-state index is 12.3. The van der Waals surface area contributed by atoms with E-state index in [1.165, 1.54) is 0 Å². The molecule has 1 aliphatic rings. The van der Waals surface area contributed by atoms with Crippen LogP contribution in [0, 0.1) is 6.92 Å². The molecule has 3 rings (SSSR count). The summed E-state index contributed by atoms with van der Waals surface area (Å²) in [7, 11) is 3.92. The number of hydrogen-bond acceptors (Lipinski definition) is 5. The summed E-state index contributed by atoms with van der Waals surface area (Å²) in [5.74, 6) is 1.32. The molecule has 0 spiro atoms. The van der Waals surface area contributed by atoms with Crippen molar-refractivity contribution in [1.29, 1.82) is 0 Å². The van der Waals surface area contributed by atoms with Crippen LogP contribution in [0.1, 0.15) is 40.4 Å². The summed E-state index contributed by atoms with van der Waals surface area (Å²) in [5.41, 5.74) is 2.65. The summed E-state index contributed by atoms with van der Waals surface area (Å²) in [6, 6.07) is 13.2. The van der Waals surface area contributed by atoms with Crippen LogP contribution >= 0.6 is 0 Å². The number of nitrogens with one attached hydrogen (secondary N) is 1. The molecule has 1 N–H and O–H groups in total. The molecule has 1 atom stereocenters. The lowest BCUT2D eigenvalue weighted by atomic mass is 10.0. The minimum atomic E-state index is -0.130. The van der Waals surface area contributed by atoms with Crippen LogP contribution in [0.4, 0.5) is 0 Å². The smallest absolute Gasteiger partial charge is 0.231 e. The van der Waals surface area contributed by atoms with E-state index in [-0.39, 0.29) is 37.4 Å². The van der Waals surface area contributed by atoms with Gasteiger partial charge in [0.15, 0.2) is 17.3 Å². The van der Waals surface area contributed by atoms with Crippen molar-refractivity contribution in [2.45, 2.75) is 25.8 Å². The standard InChI is InChI=1S/C22H26N2O4/c1-15-6-4-5-7-17(15)19(25)9-11-22(26)23-13-18(24(2)3)16-8-10-20-21(12-16)28-14-27-20/h4-8,10,12,18H,9,11,13-14H2,1-3H3,(H,23,26). The first-order valence-electron chi connectivity index (χ1n) is 9.37. The van der Waals surface area contributed by atoms with Gasteiger partial charge in [-0.05, 0) is 44.3 Å². The second kappa shape index (κ2) is 8.89. The minimum absolute atomic E-state index is 0.00631. The lowest BCUT2D eigenvalue weighted by molar-refractivity contribution is -0.121. The topological polar surface area (TPSA) is 67.9 Å². The normalized spacial score (nSPS) is 13.4. The van der Waals surface area contributed by atoms with Crippen molar-refractivity contribution < 1.29 is 19.1 Å². The molecular weight excluding hydrogens is 356 g/mol. The highest BCUT2D eigenvalue weighted by Crippen LogP contribution is 2.34. The van der Waals surface area contributed by atoms with Crippen molar-refractivity contribution >= 4 is 11.7 Å². The van der Waals surface area contributed by atoms with Crippen molar-refractivity contribution in [2.24, 2.45) is 0 Å². The van der Waals surface area contributed by atoms with Crippen molar-refractivity contribution in [2.75, 3.05) is 27.4 Å². The van der Waals surface area contributed by atoms with Crippen molar-refractivity contribution in [3.63, 3.8) is 0 Å². The maximum absolute atomic E-state index is 12.3. The van der Waals surface area contributed by atoms with E-state index < -0.39 is 0 Å². The third kappa shape index (κ3) is 4.70. The number of carbonyl (C=O) groups is 2. The number of nitrogens with zero attached hydrogens (tertiary/aromatic N) is 1. The molecule has 0 bridgehead atoms. The lowest BCUT2D eigenvalue weighted by Gasteiger charge is -2.25. The minimum Gasteiger partial charge on any atom is -0.454 e. The molecule has 0 saturated carbocycles. The zero-order valence-electron chi connectivity index (χ0n) is 16.5. The molecule has 0 aliphatic carbocycles. The third-order valence-corrected chi connectivity index (χ3v) is 4.92. The second-order valence-electron chi connectivity index (χ2n) is 7.13. The molecule has 1 aliphatic heterocycles. The number of Topliss-reactive ketones (excluding diaryl/α,β-unsaturated/α-hetero) is 1. The Labute approximate surface area is 165 Å². The molecule has 0 radical (unpaired) electrons. The molecule has 0 fully saturated rings. The zero-order valence-corrected chi connectivity index (χ0v) is 16.5. The quantitative estimate of drug-likeness (QED) is 0.711. The van der Waals surface area contributed by atoms with Crippen LogP contribution in [-0.2, 0) is 4.79 Å². The van der Waals surface area contributed by atoms with Gasteiger partial charge >= 0.3 is 0 Å². The van der Waals surface area contributed by atoms with Crippen molar-refractivity contribution in [1.82, 2.24) is 10.2 Å². The average Bonchev–Trinajstić information content (AvgIpc) is 3.14. The molecule has 6 nitrogen and oxygen atoms in total. The Morgan fingerprint density at radius 1 is 1.07 bits per heavy atom. The highest BCUT2D eigenvalue weighted by atomic mass is 16.7. The SMILES string of the molecule is Cc1ccccc1C(=O)CCC(=O)NCC(c1ccc2c(c1)OCO2)N(C)C. The van der Waals surface area contributed by atoms with E-state index in [1.807, 2.05) is 62.3 Å². The maximum Gasteiger partial charge on any atom is 0.231 e. The third-order valence-electron chi connectivity index (χ3n) is 4.92. The van der Waals surface area contributed by atoms with Crippen LogP contribution in [0.25, 0.3) is 0 Å². The van der Waals surface area contributed by atoms with Gasteiger partial charge in [-0.15, -0.1) is 0 Å². The highest BCUT2D eigenvalue weighted by molar-refractivity contribution is 5.99. The zero-order chi connectivity index (χ0) is 20.1. The molecule has 2 aromatic carbocycles. The van der Waals surface area contributed by atoms with Gasteiger partial charge < -0.3 is 19.7 Å². The molecule has 1 heterocycles. The predicted octanol–water partition coefficient (Wildman–Crippen LogP) is 3.11. The van der Waals surface area contributed by atoms with E-state index in [4.69, 9.17) is 9.47 Å². The number of aryl methyl sites for hydroxylation is 1. The van der Waals surface area contributed by atoms with E-state index >= 15 is 0 Å². The van der Waals surface area contributed by atoms with Gasteiger partial charge in [0.25, 0.3) is 0 Å². The number of ketones is 1. The number of amides is 1. The number of hydrogen-bond donors (Lipinski definition) is 1. The van der Waals surface area contributed by atoms with Gasteiger partial charge in [0.1, 0.15) is 0 Å². The highest BCUT2D eigenvalue weighted by Gasteiger charge is 2.20. The van der Waals surface area contributed by atoms with E-state index in [0.29, 0.717) is 12.1 Å². The second-order valence-corrected chi connectivity index (χ2v) is 7.13. The van der Waals surface area contributed by atoms with E-state index in [0.717, 1.165) is 22.6 Å². The largest absolute Gasteiger partial charge is 0.454 e. The molecule has 28 heavy (non-hydrogen) atoms. The number of rotatable bonds is 8. The van der Waals surface area contributed by atoms with Crippen LogP contribution in [0.15, 0.2) is 42.5 Å². The first-order valence-corrected chi connectivity index (χ1v) is 9.37. The monoisotopic (exact) mass is 382 g/mol. The van der Waals surface area contributed by atoms with Gasteiger partial charge in [-0.2, -0.15) is 0 Å². The number of likely N-dealkylation sites (N-methyl/N-ethyl adjacent to an activating group) is 1. The number of ether oxygens (including phenoxy) is 2. The first-order chi connectivity index (χ1) is 13.5. The van der Waals surface area contributed by atoms with Crippen LogP contribution < -0.4 is 14.8 Å². The van der Waals surface area contributed by atoms with Crippen LogP contribution in [0.5, 0.6) is 11.5 Å². The van der Waals surface area contributed by atoms with E-state index in [1.54, 1.807) is 6.07 Å². The number of benzene rings is 2. The summed E-state index contributed by atoms with van der Waals surface area (Å²) < 4.78 is 10.8. The fraction of sp³-hybridized carbons (Fsp3) is 0.364. The van der Waals surface area contributed by atoms with Crippen molar-refractivity contribution in [3.05, 3.63) is 59.2 Å². The van der Waals surface area contributed by atoms with Gasteiger partial charge in [0.2, 0.25) is 12.7 Å². The Bertz CT molecular complexity index is 863. The van der Waals surface area contributed by atoms with Gasteiger partial charge in [0, 0.05) is 24.9 Å². The lowest BCUT2D eigenvalue weighted by Crippen LogP contribution is -2.34. The summed E-state index contributed by atoms with van der Waals surface area (Å²) in [6.07, 6.45) is 0.377. The fourth-order valence-electron chi connectivity index (χ4n) is 3.27. The summed E-state index contributed by atoms with van der Waals surface area (Å²) >= 11 is 0. The van der Waals surface area contributed by atoms with Gasteiger partial charge in [-0.1, -0.05) is 30.3 Å². The Morgan fingerprint density at radius 2 is 1.82 bits per heavy atom. The van der Waals surface area contributed by atoms with E-state index in [2.05, 4.69) is 5.32 Å². The molecular formula is C22H26N2O4. The molecule has 148 valence electrons. The number of carbonyl (C=O) groups excluding carboxylic acids is 2. The first kappa shape index (κ1) is 19.9. The van der Waals surface area contributed by atoms with Crippen LogP contribution in [0.3, 0.4) is 0 Å². The van der Waals surface area contributed by atoms with E-state index in [9.17, 15) is 9.59 Å². The summed E-state index contributed by atoms with van der Waals surface area (Å²) in [4.78, 5) is 26.7. The van der Waals surface area contributed by atoms with Gasteiger partial charge in [-0.25, -0.2) is 0 Å². The molecule has 1 amide bonds.